The highest BCUT2D eigenvalue weighted by molar-refractivity contribution is 6.58. The summed E-state index contributed by atoms with van der Waals surface area (Å²) in [6, 6.07) is 94.2. The molecule has 3 aliphatic rings. The fourth-order valence-corrected chi connectivity index (χ4v) is 16.5. The van der Waals surface area contributed by atoms with Crippen molar-refractivity contribution < 1.29 is 10.0 Å². The zero-order chi connectivity index (χ0) is 59.3. The molecule has 2 N–H and O–H groups in total. The van der Waals surface area contributed by atoms with Gasteiger partial charge in [-0.05, 0) is 259 Å². The van der Waals surface area contributed by atoms with Crippen LogP contribution >= 0.6 is 0 Å². The second-order valence-corrected chi connectivity index (χ2v) is 27.0. The quantitative estimate of drug-likeness (QED) is 0.129. The average Bonchev–Trinajstić information content (AvgIpc) is 1.31. The van der Waals surface area contributed by atoms with Crippen molar-refractivity contribution in [2.45, 2.75) is 57.8 Å². The first-order valence-electron chi connectivity index (χ1n) is 31.1. The zero-order valence-electron chi connectivity index (χ0n) is 50.1. The van der Waals surface area contributed by atoms with Gasteiger partial charge in [0.05, 0.1) is 0 Å². The minimum absolute atomic E-state index is 0.139. The van der Waals surface area contributed by atoms with Crippen molar-refractivity contribution in [3.05, 3.63) is 282 Å². The highest BCUT2D eigenvalue weighted by Gasteiger charge is 2.39. The van der Waals surface area contributed by atoms with Crippen LogP contribution in [0.25, 0.3) is 154 Å². The van der Waals surface area contributed by atoms with E-state index < -0.39 is 7.12 Å². The third kappa shape index (κ3) is 7.20. The molecule has 18 rings (SSSR count). The van der Waals surface area contributed by atoms with Gasteiger partial charge in [0, 0.05) is 16.2 Å². The van der Waals surface area contributed by atoms with E-state index in [1.54, 1.807) is 0 Å². The first-order chi connectivity index (χ1) is 42.7. The third-order valence-corrected chi connectivity index (χ3v) is 21.2. The van der Waals surface area contributed by atoms with Crippen LogP contribution in [0.15, 0.2) is 249 Å². The summed E-state index contributed by atoms with van der Waals surface area (Å²) in [6.07, 6.45) is 0. The van der Waals surface area contributed by atoms with Gasteiger partial charge >= 0.3 is 7.12 Å². The molecule has 416 valence electrons. The molecule has 0 atom stereocenters. The topological polar surface area (TPSA) is 40.5 Å². The van der Waals surface area contributed by atoms with Crippen LogP contribution in [0.2, 0.25) is 0 Å². The van der Waals surface area contributed by atoms with Crippen molar-refractivity contribution >= 4 is 77.2 Å². The van der Waals surface area contributed by atoms with Crippen molar-refractivity contribution in [2.24, 2.45) is 0 Å². The van der Waals surface area contributed by atoms with Crippen LogP contribution in [0.1, 0.15) is 74.9 Å². The molecule has 0 heterocycles. The van der Waals surface area contributed by atoms with E-state index in [0.29, 0.717) is 5.46 Å². The fraction of sp³-hybridized carbons (Fsp3) is 0.106. The largest absolute Gasteiger partial charge is 0.488 e. The monoisotopic (exact) mass is 1120 g/mol. The van der Waals surface area contributed by atoms with Crippen molar-refractivity contribution in [1.82, 2.24) is 0 Å². The van der Waals surface area contributed by atoms with Gasteiger partial charge in [0.15, 0.2) is 0 Å². The lowest BCUT2D eigenvalue weighted by molar-refractivity contribution is 0.425. The molecular weight excluding hydrogens is 1060 g/mol. The summed E-state index contributed by atoms with van der Waals surface area (Å²) in [7, 11) is -1.52. The fourth-order valence-electron chi connectivity index (χ4n) is 16.5. The molecule has 88 heavy (non-hydrogen) atoms. The van der Waals surface area contributed by atoms with E-state index in [2.05, 4.69) is 278 Å². The first-order valence-corrected chi connectivity index (χ1v) is 31.1. The van der Waals surface area contributed by atoms with Gasteiger partial charge in [-0.1, -0.05) is 224 Å². The van der Waals surface area contributed by atoms with E-state index in [1.165, 1.54) is 159 Å². The van der Waals surface area contributed by atoms with Crippen molar-refractivity contribution in [3.8, 4) is 89.0 Å². The normalized spacial score (nSPS) is 14.6. The van der Waals surface area contributed by atoms with Gasteiger partial charge < -0.3 is 10.0 Å². The Bertz CT molecular complexity index is 5550. The summed E-state index contributed by atoms with van der Waals surface area (Å²) in [6.45, 7) is 14.1. The van der Waals surface area contributed by atoms with Crippen molar-refractivity contribution in [2.75, 3.05) is 0 Å². The Labute approximate surface area is 513 Å². The van der Waals surface area contributed by atoms with Crippen LogP contribution in [0.4, 0.5) is 0 Å². The second-order valence-electron chi connectivity index (χ2n) is 27.0. The molecule has 0 amide bonds. The summed E-state index contributed by atoms with van der Waals surface area (Å²) in [5, 5.41) is 35.2. The van der Waals surface area contributed by atoms with Gasteiger partial charge in [0.2, 0.25) is 0 Å². The number of fused-ring (bicyclic) bond motifs is 12. The predicted molar refractivity (Wildman–Crippen MR) is 372 cm³/mol. The summed E-state index contributed by atoms with van der Waals surface area (Å²) in [5.41, 5.74) is 27.5. The van der Waals surface area contributed by atoms with Crippen LogP contribution in [0.3, 0.4) is 0 Å². The lowest BCUT2D eigenvalue weighted by atomic mass is 9.77. The van der Waals surface area contributed by atoms with E-state index in [4.69, 9.17) is 0 Å². The number of benzene rings is 15. The van der Waals surface area contributed by atoms with E-state index in [1.807, 2.05) is 12.1 Å². The van der Waals surface area contributed by atoms with Gasteiger partial charge in [-0.15, -0.1) is 0 Å². The minimum Gasteiger partial charge on any atom is -0.423 e. The van der Waals surface area contributed by atoms with E-state index in [-0.39, 0.29) is 16.2 Å². The minimum atomic E-state index is -1.52. The Morgan fingerprint density at radius 3 is 1.03 bits per heavy atom. The second kappa shape index (κ2) is 18.1. The highest BCUT2D eigenvalue weighted by atomic mass is 16.4. The Balaban J connectivity index is 0.846. The van der Waals surface area contributed by atoms with Crippen LogP contribution in [-0.2, 0) is 16.2 Å². The molecular formula is C85H61BO2. The van der Waals surface area contributed by atoms with Gasteiger partial charge in [0.1, 0.15) is 0 Å². The van der Waals surface area contributed by atoms with Gasteiger partial charge in [0.25, 0.3) is 0 Å². The van der Waals surface area contributed by atoms with Crippen LogP contribution in [0.5, 0.6) is 0 Å². The van der Waals surface area contributed by atoms with E-state index in [0.717, 1.165) is 27.6 Å². The molecule has 2 nitrogen and oxygen atoms in total. The van der Waals surface area contributed by atoms with Crippen LogP contribution in [-0.4, -0.2) is 17.2 Å². The molecule has 0 bridgehead atoms. The van der Waals surface area contributed by atoms with Crippen LogP contribution < -0.4 is 5.46 Å². The highest BCUT2D eigenvalue weighted by Crippen LogP contribution is 2.56. The Kier molecular flexibility index (Phi) is 10.6. The molecule has 0 unspecified atom stereocenters. The number of rotatable bonds is 6. The lowest BCUT2D eigenvalue weighted by Gasteiger charge is -2.23. The maximum absolute atomic E-state index is 10.1. The molecule has 15 aromatic rings. The molecule has 0 radical (unpaired) electrons. The molecule has 15 aromatic carbocycles. The predicted octanol–water partition coefficient (Wildman–Crippen LogP) is 21.0. The van der Waals surface area contributed by atoms with Gasteiger partial charge in [-0.25, -0.2) is 0 Å². The molecule has 0 saturated heterocycles. The number of hydrogen-bond donors (Lipinski definition) is 2. The summed E-state index contributed by atoms with van der Waals surface area (Å²) < 4.78 is 0. The smallest absolute Gasteiger partial charge is 0.423 e. The zero-order valence-corrected chi connectivity index (χ0v) is 50.1. The molecule has 0 saturated carbocycles. The number of hydrogen-bond acceptors (Lipinski definition) is 2. The van der Waals surface area contributed by atoms with Crippen LogP contribution in [0, 0.1) is 0 Å². The molecule has 0 fully saturated rings. The van der Waals surface area contributed by atoms with E-state index >= 15 is 0 Å². The first kappa shape index (κ1) is 51.3. The molecule has 3 aliphatic carbocycles. The lowest BCUT2D eigenvalue weighted by Crippen LogP contribution is -2.30. The van der Waals surface area contributed by atoms with Gasteiger partial charge in [-0.2, -0.15) is 0 Å². The van der Waals surface area contributed by atoms with Gasteiger partial charge in [-0.3, -0.25) is 0 Å². The molecule has 3 heteroatoms. The Morgan fingerprint density at radius 1 is 0.227 bits per heavy atom. The SMILES string of the molecule is CC1(C)c2ccc(-c3cc(-c4ccccc4)c4ccc5c(-c6ccc7c(c6)-c6cc8ccccc8cc6C7(C)C)cc(-c6ccc(-c7ccc8cc9c(cc8c7)C(C)(C)c7ccc(B(O)O)cc7-9)cc6)c6ccc3c4c65)cc2-c2cc3ccccc3cc21. The maximum Gasteiger partial charge on any atom is 0.488 e. The Hall–Kier alpha value is -9.90. The molecule has 0 spiro atoms. The molecule has 0 aromatic heterocycles. The van der Waals surface area contributed by atoms with Crippen molar-refractivity contribution in [1.29, 1.82) is 0 Å². The van der Waals surface area contributed by atoms with Crippen molar-refractivity contribution in [3.63, 3.8) is 0 Å². The van der Waals surface area contributed by atoms with E-state index in [9.17, 15) is 10.0 Å². The maximum atomic E-state index is 10.1. The summed E-state index contributed by atoms with van der Waals surface area (Å²) in [5.74, 6) is 0. The third-order valence-electron chi connectivity index (χ3n) is 21.2. The molecule has 0 aliphatic heterocycles. The average molecular weight is 1130 g/mol. The Morgan fingerprint density at radius 2 is 0.568 bits per heavy atom. The summed E-state index contributed by atoms with van der Waals surface area (Å²) in [4.78, 5) is 0. The summed E-state index contributed by atoms with van der Waals surface area (Å²) >= 11 is 0. The standard InChI is InChI=1S/C85H61BO2/c1-83(2)75-33-26-57(40-69(75)71-37-51-16-10-12-18-53(51)42-78(71)83)67-46-65(49-14-8-7-9-15-49)61-29-31-64-68(58-27-34-76-70(41-58)72-38-52-17-11-13-19-54(52)43-79(72)84(76,3)4)47-66(62-30-32-63(67)81(61)82(62)64)50-22-20-48(21-23-50)55-24-25-56-39-73-74-45-60(86(87)88)28-35-77(74)85(5,6)80(73)44-59(56)36-55/h7-47,87-88H,1-6H3.